The molecule has 5 rings (SSSR count). The first-order chi connectivity index (χ1) is 13.6. The van der Waals surface area contributed by atoms with Gasteiger partial charge >= 0.3 is 0 Å². The molecule has 2 saturated carbocycles. The second-order valence-corrected chi connectivity index (χ2v) is 9.28. The van der Waals surface area contributed by atoms with E-state index in [-0.39, 0.29) is 17.9 Å². The largest absolute Gasteiger partial charge is 0.345 e. The van der Waals surface area contributed by atoms with Crippen molar-refractivity contribution in [3.63, 3.8) is 0 Å². The highest BCUT2D eigenvalue weighted by atomic mass is 35.5. The summed E-state index contributed by atoms with van der Waals surface area (Å²) in [5.74, 6) is 1.97. The molecule has 2 atom stereocenters. The van der Waals surface area contributed by atoms with E-state index in [1.165, 1.54) is 25.7 Å². The Morgan fingerprint density at radius 3 is 2.14 bits per heavy atom. The van der Waals surface area contributed by atoms with Gasteiger partial charge in [0.15, 0.2) is 0 Å². The number of hydrogen-bond donors (Lipinski definition) is 1. The van der Waals surface area contributed by atoms with Crippen LogP contribution in [0.3, 0.4) is 0 Å². The number of carbonyl (C=O) groups excluding carboxylic acids is 1. The van der Waals surface area contributed by atoms with Gasteiger partial charge in [-0.1, -0.05) is 53.5 Å². The molecule has 3 aliphatic rings. The van der Waals surface area contributed by atoms with Gasteiger partial charge in [-0.05, 0) is 78.8 Å². The van der Waals surface area contributed by atoms with Crippen molar-refractivity contribution < 1.29 is 4.79 Å². The zero-order valence-electron chi connectivity index (χ0n) is 15.6. The van der Waals surface area contributed by atoms with Gasteiger partial charge in [0.2, 0.25) is 5.91 Å². The Morgan fingerprint density at radius 1 is 0.857 bits per heavy atom. The van der Waals surface area contributed by atoms with Gasteiger partial charge in [-0.3, -0.25) is 4.79 Å². The minimum atomic E-state index is -0.119. The summed E-state index contributed by atoms with van der Waals surface area (Å²) in [5.41, 5.74) is 3.20. The zero-order chi connectivity index (χ0) is 19.3. The van der Waals surface area contributed by atoms with Crippen LogP contribution in [0.4, 0.5) is 0 Å². The molecule has 2 nitrogen and oxygen atoms in total. The molecule has 2 fully saturated rings. The third-order valence-corrected chi connectivity index (χ3v) is 6.84. The molecule has 0 unspecified atom stereocenters. The molecule has 2 aliphatic carbocycles. The average molecular weight is 412 g/mol. The predicted molar refractivity (Wildman–Crippen MR) is 114 cm³/mol. The molecule has 0 aromatic heterocycles. The minimum absolute atomic E-state index is 0.0626. The van der Waals surface area contributed by atoms with Gasteiger partial charge in [0.1, 0.15) is 0 Å². The summed E-state index contributed by atoms with van der Waals surface area (Å²) in [6, 6.07) is 15.7. The Morgan fingerprint density at radius 2 is 1.54 bits per heavy atom. The number of nitrogens with one attached hydrogen (secondary N) is 1. The molecule has 1 heterocycles. The fraction of sp³-hybridized carbons (Fsp3) is 0.375. The van der Waals surface area contributed by atoms with Crippen molar-refractivity contribution in [1.29, 1.82) is 0 Å². The van der Waals surface area contributed by atoms with Crippen LogP contribution in [-0.4, -0.2) is 5.91 Å². The first-order valence-electron chi connectivity index (χ1n) is 10.1. The van der Waals surface area contributed by atoms with E-state index in [0.717, 1.165) is 21.7 Å². The number of rotatable bonds is 5. The summed E-state index contributed by atoms with van der Waals surface area (Å²) in [7, 11) is 0. The van der Waals surface area contributed by atoms with E-state index in [0.29, 0.717) is 22.8 Å². The van der Waals surface area contributed by atoms with Gasteiger partial charge in [-0.2, -0.15) is 0 Å². The summed E-state index contributed by atoms with van der Waals surface area (Å²) in [6.07, 6.45) is 7.27. The van der Waals surface area contributed by atoms with Crippen molar-refractivity contribution in [2.24, 2.45) is 17.8 Å². The molecule has 1 amide bonds. The molecule has 0 radical (unpaired) electrons. The van der Waals surface area contributed by atoms with E-state index >= 15 is 0 Å². The lowest BCUT2D eigenvalue weighted by atomic mass is 9.78. The Balaban J connectivity index is 1.58. The van der Waals surface area contributed by atoms with Crippen LogP contribution < -0.4 is 5.32 Å². The van der Waals surface area contributed by atoms with E-state index in [9.17, 15) is 4.79 Å². The smallest absolute Gasteiger partial charge is 0.247 e. The van der Waals surface area contributed by atoms with Gasteiger partial charge in [0, 0.05) is 21.5 Å². The molecule has 2 aromatic rings. The van der Waals surface area contributed by atoms with Crippen LogP contribution in [0.2, 0.25) is 10.0 Å². The van der Waals surface area contributed by atoms with Crippen LogP contribution in [0.5, 0.6) is 0 Å². The van der Waals surface area contributed by atoms with Gasteiger partial charge in [-0.15, -0.1) is 0 Å². The molecule has 2 aromatic carbocycles. The number of amides is 1. The van der Waals surface area contributed by atoms with Gasteiger partial charge in [0.05, 0.1) is 6.04 Å². The summed E-state index contributed by atoms with van der Waals surface area (Å²) in [6.45, 7) is 0. The van der Waals surface area contributed by atoms with Crippen LogP contribution >= 0.6 is 23.2 Å². The maximum absolute atomic E-state index is 13.2. The van der Waals surface area contributed by atoms with Crippen LogP contribution in [0.25, 0.3) is 0 Å². The van der Waals surface area contributed by atoms with Crippen LogP contribution in [0.15, 0.2) is 60.2 Å². The highest BCUT2D eigenvalue weighted by Crippen LogP contribution is 2.54. The van der Waals surface area contributed by atoms with E-state index < -0.39 is 0 Å². The van der Waals surface area contributed by atoms with Crippen molar-refractivity contribution in [2.45, 2.75) is 37.6 Å². The maximum atomic E-state index is 13.2. The molecule has 1 N–H and O–H groups in total. The molecule has 1 aliphatic heterocycles. The Kier molecular flexibility index (Phi) is 4.72. The van der Waals surface area contributed by atoms with E-state index in [4.69, 9.17) is 23.2 Å². The van der Waals surface area contributed by atoms with Gasteiger partial charge in [0.25, 0.3) is 0 Å². The number of hydrogen-bond acceptors (Lipinski definition) is 1. The SMILES string of the molecule is O=C1N[C@H](c2ccc(Cl)cc2)[C@@H](c2cccc(Cl)c2)C=C1C(C1CC1)C1CC1. The summed E-state index contributed by atoms with van der Waals surface area (Å²) >= 11 is 12.4. The Hall–Kier alpha value is -1.77. The fourth-order valence-corrected chi connectivity index (χ4v) is 5.03. The van der Waals surface area contributed by atoms with E-state index in [1.54, 1.807) is 0 Å². The monoisotopic (exact) mass is 411 g/mol. The van der Waals surface area contributed by atoms with Gasteiger partial charge in [-0.25, -0.2) is 0 Å². The zero-order valence-corrected chi connectivity index (χ0v) is 17.1. The third kappa shape index (κ3) is 3.60. The van der Waals surface area contributed by atoms with E-state index in [2.05, 4.69) is 17.5 Å². The third-order valence-electron chi connectivity index (χ3n) is 6.35. The number of benzene rings is 2. The van der Waals surface area contributed by atoms with Crippen molar-refractivity contribution in [3.05, 3.63) is 81.4 Å². The molecule has 4 heteroatoms. The molecule has 0 spiro atoms. The molecule has 0 bridgehead atoms. The number of carbonyl (C=O) groups is 1. The van der Waals surface area contributed by atoms with Crippen molar-refractivity contribution in [3.8, 4) is 0 Å². The lowest BCUT2D eigenvalue weighted by Crippen LogP contribution is -2.39. The molecule has 144 valence electrons. The Labute approximate surface area is 175 Å². The lowest BCUT2D eigenvalue weighted by Gasteiger charge is -2.34. The number of halogens is 2. The van der Waals surface area contributed by atoms with Gasteiger partial charge < -0.3 is 5.32 Å². The van der Waals surface area contributed by atoms with E-state index in [1.807, 2.05) is 42.5 Å². The van der Waals surface area contributed by atoms with Crippen molar-refractivity contribution >= 4 is 29.1 Å². The second-order valence-electron chi connectivity index (χ2n) is 8.41. The highest BCUT2D eigenvalue weighted by molar-refractivity contribution is 6.30. The maximum Gasteiger partial charge on any atom is 0.247 e. The molecular weight excluding hydrogens is 389 g/mol. The Bertz CT molecular complexity index is 916. The van der Waals surface area contributed by atoms with Crippen molar-refractivity contribution in [2.75, 3.05) is 0 Å². The van der Waals surface area contributed by atoms with Crippen LogP contribution in [0, 0.1) is 17.8 Å². The molecule has 28 heavy (non-hydrogen) atoms. The minimum Gasteiger partial charge on any atom is -0.345 e. The summed E-state index contributed by atoms with van der Waals surface area (Å²) < 4.78 is 0. The van der Waals surface area contributed by atoms with Crippen molar-refractivity contribution in [1.82, 2.24) is 5.32 Å². The van der Waals surface area contributed by atoms with Crippen LogP contribution in [-0.2, 0) is 4.79 Å². The lowest BCUT2D eigenvalue weighted by molar-refractivity contribution is -0.119. The topological polar surface area (TPSA) is 29.1 Å². The average Bonchev–Trinajstić information content (AvgIpc) is 3.59. The fourth-order valence-electron chi connectivity index (χ4n) is 4.71. The first-order valence-corrected chi connectivity index (χ1v) is 10.9. The van der Waals surface area contributed by atoms with Crippen LogP contribution in [0.1, 0.15) is 48.8 Å². The predicted octanol–water partition coefficient (Wildman–Crippen LogP) is 6.31. The normalized spacial score (nSPS) is 24.8. The second kappa shape index (κ2) is 7.24. The summed E-state index contributed by atoms with van der Waals surface area (Å²) in [5, 5.41) is 4.74. The quantitative estimate of drug-likeness (QED) is 0.613. The molecular formula is C24H23Cl2NO. The standard InChI is InChI=1S/C24H23Cl2NO/c25-18-10-8-16(9-11-18)23-20(17-2-1-3-19(26)12-17)13-21(24(28)27-23)22(14-4-5-14)15-6-7-15/h1-3,8-15,20,22-23H,4-7H2,(H,27,28)/t20-,23-/m1/s1. The first kappa shape index (κ1) is 18.3. The molecule has 0 saturated heterocycles. The highest BCUT2D eigenvalue weighted by Gasteiger charge is 2.47. The summed E-state index contributed by atoms with van der Waals surface area (Å²) in [4.78, 5) is 13.2.